The van der Waals surface area contributed by atoms with Crippen LogP contribution in [0.3, 0.4) is 0 Å². The van der Waals surface area contributed by atoms with E-state index in [2.05, 4.69) is 0 Å². The summed E-state index contributed by atoms with van der Waals surface area (Å²) in [6.07, 6.45) is 15.0. The molecular formula is C24H40O5. The molecule has 0 aromatic carbocycles. The van der Waals surface area contributed by atoms with Gasteiger partial charge in [-0.3, -0.25) is 4.79 Å². The van der Waals surface area contributed by atoms with Crippen molar-refractivity contribution in [2.24, 2.45) is 17.8 Å². The van der Waals surface area contributed by atoms with Crippen molar-refractivity contribution in [3.8, 4) is 0 Å². The molecule has 0 aliphatic heterocycles. The molecule has 0 aromatic heterocycles. The van der Waals surface area contributed by atoms with Crippen LogP contribution in [0.2, 0.25) is 0 Å². The van der Waals surface area contributed by atoms with E-state index in [0.717, 1.165) is 25.7 Å². The number of carbonyl (C=O) groups is 1. The van der Waals surface area contributed by atoms with Crippen LogP contribution in [0.5, 0.6) is 0 Å². The average Bonchev–Trinajstić information content (AvgIpc) is 2.95. The predicted molar refractivity (Wildman–Crippen MR) is 114 cm³/mol. The minimum Gasteiger partial charge on any atom is -0.463 e. The Balaban J connectivity index is 1.78. The number of hydrogen-bond donors (Lipinski definition) is 3. The van der Waals surface area contributed by atoms with E-state index >= 15 is 0 Å². The zero-order valence-electron chi connectivity index (χ0n) is 18.1. The second-order valence-electron chi connectivity index (χ2n) is 9.02. The van der Waals surface area contributed by atoms with Crippen LogP contribution < -0.4 is 0 Å². The maximum atomic E-state index is 11.5. The van der Waals surface area contributed by atoms with Gasteiger partial charge in [0.1, 0.15) is 0 Å². The van der Waals surface area contributed by atoms with Gasteiger partial charge in [-0.1, -0.05) is 43.6 Å². The standard InChI is InChI=1S/C24H40O5/c1-17(2)29-24(28)13-9-4-3-8-12-19-20(23(27)16-22(19)26)14-15-21(25)18-10-6-5-7-11-18/h3,8,14-15,17-23,25-27H,4-7,9-13,16H2,1-2H3/t19-,20-,21?,22?,23?/m1/s1. The molecular weight excluding hydrogens is 368 g/mol. The third-order valence-corrected chi connectivity index (χ3v) is 6.27. The molecule has 2 saturated carbocycles. The van der Waals surface area contributed by atoms with Gasteiger partial charge in [0.15, 0.2) is 0 Å². The Morgan fingerprint density at radius 3 is 2.52 bits per heavy atom. The first-order valence-electron chi connectivity index (χ1n) is 11.5. The Hall–Kier alpha value is -1.17. The van der Waals surface area contributed by atoms with E-state index in [9.17, 15) is 20.1 Å². The van der Waals surface area contributed by atoms with Crippen LogP contribution in [0.1, 0.15) is 78.1 Å². The van der Waals surface area contributed by atoms with Crippen LogP contribution in [0.4, 0.5) is 0 Å². The van der Waals surface area contributed by atoms with Crippen molar-refractivity contribution in [3.63, 3.8) is 0 Å². The van der Waals surface area contributed by atoms with E-state index in [4.69, 9.17) is 4.74 Å². The van der Waals surface area contributed by atoms with Crippen molar-refractivity contribution in [2.45, 2.75) is 102 Å². The molecule has 3 unspecified atom stereocenters. The number of aliphatic hydroxyl groups is 3. The van der Waals surface area contributed by atoms with Crippen LogP contribution in [0.15, 0.2) is 24.3 Å². The molecule has 2 fully saturated rings. The second-order valence-corrected chi connectivity index (χ2v) is 9.02. The molecule has 5 atom stereocenters. The van der Waals surface area contributed by atoms with Gasteiger partial charge >= 0.3 is 5.97 Å². The molecule has 5 nitrogen and oxygen atoms in total. The first-order chi connectivity index (χ1) is 13.9. The van der Waals surface area contributed by atoms with Crippen LogP contribution in [-0.4, -0.2) is 45.7 Å². The van der Waals surface area contributed by atoms with Gasteiger partial charge in [0.2, 0.25) is 0 Å². The summed E-state index contributed by atoms with van der Waals surface area (Å²) in [7, 11) is 0. The van der Waals surface area contributed by atoms with Crippen molar-refractivity contribution in [1.82, 2.24) is 0 Å². The fourth-order valence-corrected chi connectivity index (χ4v) is 4.64. The zero-order chi connectivity index (χ0) is 21.2. The van der Waals surface area contributed by atoms with Crippen LogP contribution in [0.25, 0.3) is 0 Å². The van der Waals surface area contributed by atoms with Crippen LogP contribution in [0, 0.1) is 17.8 Å². The zero-order valence-corrected chi connectivity index (χ0v) is 18.1. The summed E-state index contributed by atoms with van der Waals surface area (Å²) >= 11 is 0. The van der Waals surface area contributed by atoms with E-state index in [0.29, 0.717) is 25.2 Å². The number of carbonyl (C=O) groups excluding carboxylic acids is 1. The van der Waals surface area contributed by atoms with Crippen molar-refractivity contribution in [1.29, 1.82) is 0 Å². The Bertz CT molecular complexity index is 535. The van der Waals surface area contributed by atoms with Crippen molar-refractivity contribution < 1.29 is 24.9 Å². The highest BCUT2D eigenvalue weighted by Gasteiger charge is 2.39. The van der Waals surface area contributed by atoms with Gasteiger partial charge in [0, 0.05) is 18.8 Å². The third kappa shape index (κ3) is 8.23. The van der Waals surface area contributed by atoms with E-state index in [1.54, 1.807) is 0 Å². The quantitative estimate of drug-likeness (QED) is 0.290. The van der Waals surface area contributed by atoms with Crippen LogP contribution in [-0.2, 0) is 9.53 Å². The van der Waals surface area contributed by atoms with E-state index in [1.165, 1.54) is 19.3 Å². The number of rotatable bonds is 10. The molecule has 2 rings (SSSR count). The van der Waals surface area contributed by atoms with Gasteiger partial charge in [-0.2, -0.15) is 0 Å². The number of unbranched alkanes of at least 4 members (excludes halogenated alkanes) is 1. The highest BCUT2D eigenvalue weighted by Crippen LogP contribution is 2.37. The average molecular weight is 409 g/mol. The number of allylic oxidation sites excluding steroid dienone is 2. The topological polar surface area (TPSA) is 87.0 Å². The molecule has 0 aromatic rings. The smallest absolute Gasteiger partial charge is 0.306 e. The maximum absolute atomic E-state index is 11.5. The fourth-order valence-electron chi connectivity index (χ4n) is 4.64. The lowest BCUT2D eigenvalue weighted by molar-refractivity contribution is -0.147. The third-order valence-electron chi connectivity index (χ3n) is 6.27. The highest BCUT2D eigenvalue weighted by molar-refractivity contribution is 5.69. The summed E-state index contributed by atoms with van der Waals surface area (Å²) in [4.78, 5) is 11.5. The van der Waals surface area contributed by atoms with E-state index < -0.39 is 18.3 Å². The molecule has 166 valence electrons. The minimum atomic E-state index is -0.566. The summed E-state index contributed by atoms with van der Waals surface area (Å²) in [5.74, 6) is -0.00969. The van der Waals surface area contributed by atoms with E-state index in [-0.39, 0.29) is 23.9 Å². The molecule has 0 spiro atoms. The van der Waals surface area contributed by atoms with E-state index in [1.807, 2.05) is 38.2 Å². The second kappa shape index (κ2) is 12.5. The molecule has 3 N–H and O–H groups in total. The van der Waals surface area contributed by atoms with Gasteiger partial charge in [0.25, 0.3) is 0 Å². The molecule has 2 aliphatic rings. The normalized spacial score (nSPS) is 29.9. The molecule has 0 heterocycles. The first kappa shape index (κ1) is 24.1. The summed E-state index contributed by atoms with van der Waals surface area (Å²) in [6, 6.07) is 0. The number of aliphatic hydroxyl groups excluding tert-OH is 3. The van der Waals surface area contributed by atoms with Gasteiger partial charge in [0.05, 0.1) is 24.4 Å². The van der Waals surface area contributed by atoms with Gasteiger partial charge in [-0.15, -0.1) is 0 Å². The lowest BCUT2D eigenvalue weighted by Gasteiger charge is -2.25. The van der Waals surface area contributed by atoms with Crippen molar-refractivity contribution in [3.05, 3.63) is 24.3 Å². The lowest BCUT2D eigenvalue weighted by atomic mass is 9.84. The number of hydrogen-bond acceptors (Lipinski definition) is 5. The molecule has 29 heavy (non-hydrogen) atoms. The Morgan fingerprint density at radius 2 is 1.83 bits per heavy atom. The molecule has 2 aliphatic carbocycles. The lowest BCUT2D eigenvalue weighted by Crippen LogP contribution is -2.23. The SMILES string of the molecule is CC(C)OC(=O)CCCC=CC[C@H]1C(O)CC(O)[C@@H]1C=CC(O)C1CCCCC1. The van der Waals surface area contributed by atoms with Gasteiger partial charge in [-0.05, 0) is 57.8 Å². The summed E-state index contributed by atoms with van der Waals surface area (Å²) < 4.78 is 5.12. The molecule has 0 bridgehead atoms. The predicted octanol–water partition coefficient (Wildman–Crippen LogP) is 3.91. The van der Waals surface area contributed by atoms with Crippen molar-refractivity contribution >= 4 is 5.97 Å². The molecule has 5 heteroatoms. The number of esters is 1. The monoisotopic (exact) mass is 408 g/mol. The van der Waals surface area contributed by atoms with Gasteiger partial charge in [-0.25, -0.2) is 0 Å². The first-order valence-corrected chi connectivity index (χ1v) is 11.5. The molecule has 0 saturated heterocycles. The summed E-state index contributed by atoms with van der Waals surface area (Å²) in [6.45, 7) is 3.69. The molecule has 0 radical (unpaired) electrons. The Labute approximate surface area is 175 Å². The maximum Gasteiger partial charge on any atom is 0.306 e. The fraction of sp³-hybridized carbons (Fsp3) is 0.792. The Morgan fingerprint density at radius 1 is 1.10 bits per heavy atom. The number of ether oxygens (including phenoxy) is 1. The summed E-state index contributed by atoms with van der Waals surface area (Å²) in [5, 5.41) is 31.2. The summed E-state index contributed by atoms with van der Waals surface area (Å²) in [5.41, 5.74) is 0. The largest absolute Gasteiger partial charge is 0.463 e. The van der Waals surface area contributed by atoms with Crippen molar-refractivity contribution in [2.75, 3.05) is 0 Å². The minimum absolute atomic E-state index is 0.0398. The molecule has 0 amide bonds. The van der Waals surface area contributed by atoms with Gasteiger partial charge < -0.3 is 20.1 Å². The van der Waals surface area contributed by atoms with Crippen LogP contribution >= 0.6 is 0 Å². The Kier molecular flexibility index (Phi) is 10.4. The highest BCUT2D eigenvalue weighted by atomic mass is 16.5.